The maximum atomic E-state index is 12.9. The van der Waals surface area contributed by atoms with E-state index in [1.54, 1.807) is 18.2 Å². The van der Waals surface area contributed by atoms with Crippen LogP contribution in [0.5, 0.6) is 0 Å². The lowest BCUT2D eigenvalue weighted by Crippen LogP contribution is -2.20. The van der Waals surface area contributed by atoms with Gasteiger partial charge in [-0.2, -0.15) is 13.2 Å². The number of benzene rings is 1. The number of hydrogen-bond donors (Lipinski definition) is 1. The average molecular weight is 287 g/mol. The molecule has 0 fully saturated rings. The van der Waals surface area contributed by atoms with Crippen molar-refractivity contribution in [2.45, 2.75) is 12.2 Å². The minimum absolute atomic E-state index is 0.211. The standard InChI is InChI=1S/C13H10ClF3N2/c14-9-4-1-3-8(7-9)11(18)12-10(13(15,16)17)5-2-6-19-12/h1-7,11H,18H2/t11-/m0/s1. The van der Waals surface area contributed by atoms with Crippen LogP contribution in [0.1, 0.15) is 22.9 Å². The minimum Gasteiger partial charge on any atom is -0.319 e. The van der Waals surface area contributed by atoms with Gasteiger partial charge in [-0.15, -0.1) is 0 Å². The highest BCUT2D eigenvalue weighted by atomic mass is 35.5. The molecule has 2 nitrogen and oxygen atoms in total. The summed E-state index contributed by atoms with van der Waals surface area (Å²) < 4.78 is 38.6. The molecular formula is C13H10ClF3N2. The monoisotopic (exact) mass is 286 g/mol. The zero-order valence-electron chi connectivity index (χ0n) is 9.66. The van der Waals surface area contributed by atoms with Crippen LogP contribution in [0, 0.1) is 0 Å². The van der Waals surface area contributed by atoms with Crippen LogP contribution < -0.4 is 5.73 Å². The Bertz CT molecular complexity index is 584. The number of halogens is 4. The van der Waals surface area contributed by atoms with Crippen LogP contribution in [0.3, 0.4) is 0 Å². The molecule has 100 valence electrons. The number of nitrogens with zero attached hydrogens (tertiary/aromatic N) is 1. The van der Waals surface area contributed by atoms with Gasteiger partial charge in [0.1, 0.15) is 0 Å². The lowest BCUT2D eigenvalue weighted by Gasteiger charge is -2.17. The van der Waals surface area contributed by atoms with Crippen LogP contribution in [0.15, 0.2) is 42.6 Å². The van der Waals surface area contributed by atoms with Crippen molar-refractivity contribution in [1.82, 2.24) is 4.98 Å². The number of nitrogens with two attached hydrogens (primary N) is 1. The summed E-state index contributed by atoms with van der Waals surface area (Å²) in [7, 11) is 0. The third kappa shape index (κ3) is 3.05. The zero-order valence-corrected chi connectivity index (χ0v) is 10.4. The second kappa shape index (κ2) is 5.19. The summed E-state index contributed by atoms with van der Waals surface area (Å²) in [5, 5.41) is 0.414. The van der Waals surface area contributed by atoms with Crippen LogP contribution in [-0.2, 0) is 6.18 Å². The largest absolute Gasteiger partial charge is 0.418 e. The molecule has 1 heterocycles. The number of aromatic nitrogens is 1. The molecule has 2 N–H and O–H groups in total. The van der Waals surface area contributed by atoms with Crippen molar-refractivity contribution in [2.75, 3.05) is 0 Å². The van der Waals surface area contributed by atoms with E-state index >= 15 is 0 Å². The van der Waals surface area contributed by atoms with Crippen molar-refractivity contribution < 1.29 is 13.2 Å². The summed E-state index contributed by atoms with van der Waals surface area (Å²) in [5.41, 5.74) is 5.30. The Hall–Kier alpha value is -1.59. The lowest BCUT2D eigenvalue weighted by molar-refractivity contribution is -0.138. The van der Waals surface area contributed by atoms with Crippen molar-refractivity contribution in [3.05, 3.63) is 64.4 Å². The Kier molecular flexibility index (Phi) is 3.78. The first kappa shape index (κ1) is 13.8. The van der Waals surface area contributed by atoms with Gasteiger partial charge in [-0.1, -0.05) is 23.7 Å². The van der Waals surface area contributed by atoms with Gasteiger partial charge in [0, 0.05) is 11.2 Å². The van der Waals surface area contributed by atoms with E-state index in [1.807, 2.05) is 0 Å². The molecule has 0 spiro atoms. The van der Waals surface area contributed by atoms with E-state index < -0.39 is 17.8 Å². The molecule has 0 unspecified atom stereocenters. The number of hydrogen-bond acceptors (Lipinski definition) is 2. The average Bonchev–Trinajstić information content (AvgIpc) is 2.37. The quantitative estimate of drug-likeness (QED) is 0.912. The molecule has 19 heavy (non-hydrogen) atoms. The van der Waals surface area contributed by atoms with Gasteiger partial charge in [0.05, 0.1) is 17.3 Å². The van der Waals surface area contributed by atoms with Gasteiger partial charge in [-0.3, -0.25) is 4.98 Å². The Morgan fingerprint density at radius 1 is 1.16 bits per heavy atom. The maximum absolute atomic E-state index is 12.9. The second-order valence-electron chi connectivity index (χ2n) is 3.97. The summed E-state index contributed by atoms with van der Waals surface area (Å²) >= 11 is 5.81. The Morgan fingerprint density at radius 3 is 2.53 bits per heavy atom. The fourth-order valence-corrected chi connectivity index (χ4v) is 1.96. The van der Waals surface area contributed by atoms with E-state index in [0.29, 0.717) is 10.6 Å². The van der Waals surface area contributed by atoms with Crippen LogP contribution in [0.25, 0.3) is 0 Å². The predicted molar refractivity (Wildman–Crippen MR) is 66.7 cm³/mol. The summed E-state index contributed by atoms with van der Waals surface area (Å²) in [5.74, 6) is 0. The third-order valence-corrected chi connectivity index (χ3v) is 2.88. The van der Waals surface area contributed by atoms with Crippen molar-refractivity contribution in [3.63, 3.8) is 0 Å². The molecule has 0 aliphatic rings. The number of pyridine rings is 1. The van der Waals surface area contributed by atoms with Gasteiger partial charge in [-0.25, -0.2) is 0 Å². The Balaban J connectivity index is 2.48. The van der Waals surface area contributed by atoms with Crippen molar-refractivity contribution >= 4 is 11.6 Å². The first-order valence-electron chi connectivity index (χ1n) is 5.43. The van der Waals surface area contributed by atoms with Gasteiger partial charge in [-0.05, 0) is 29.8 Å². The smallest absolute Gasteiger partial charge is 0.319 e. The van der Waals surface area contributed by atoms with E-state index in [9.17, 15) is 13.2 Å². The van der Waals surface area contributed by atoms with Crippen LogP contribution >= 0.6 is 11.6 Å². The molecule has 0 bridgehead atoms. The molecule has 1 atom stereocenters. The molecule has 0 saturated carbocycles. The molecular weight excluding hydrogens is 277 g/mol. The molecule has 0 aliphatic carbocycles. The van der Waals surface area contributed by atoms with Crippen molar-refractivity contribution in [2.24, 2.45) is 5.73 Å². The molecule has 1 aromatic heterocycles. The van der Waals surface area contributed by atoms with E-state index in [-0.39, 0.29) is 5.69 Å². The molecule has 0 aliphatic heterocycles. The highest BCUT2D eigenvalue weighted by Gasteiger charge is 2.35. The van der Waals surface area contributed by atoms with E-state index in [0.717, 1.165) is 6.07 Å². The topological polar surface area (TPSA) is 38.9 Å². The summed E-state index contributed by atoms with van der Waals surface area (Å²) in [6, 6.07) is 7.63. The zero-order chi connectivity index (χ0) is 14.0. The Morgan fingerprint density at radius 2 is 1.89 bits per heavy atom. The first-order chi connectivity index (χ1) is 8.89. The molecule has 1 aromatic carbocycles. The number of alkyl halides is 3. The number of rotatable bonds is 2. The van der Waals surface area contributed by atoms with Crippen molar-refractivity contribution in [1.29, 1.82) is 0 Å². The highest BCUT2D eigenvalue weighted by Crippen LogP contribution is 2.34. The minimum atomic E-state index is -4.49. The normalized spacial score (nSPS) is 13.3. The van der Waals surface area contributed by atoms with Gasteiger partial charge < -0.3 is 5.73 Å². The van der Waals surface area contributed by atoms with Crippen LogP contribution in [0.4, 0.5) is 13.2 Å². The molecule has 6 heteroatoms. The van der Waals surface area contributed by atoms with Gasteiger partial charge in [0.2, 0.25) is 0 Å². The summed E-state index contributed by atoms with van der Waals surface area (Å²) in [4.78, 5) is 3.76. The Labute approximate surface area is 113 Å². The fourth-order valence-electron chi connectivity index (χ4n) is 1.76. The summed E-state index contributed by atoms with van der Waals surface area (Å²) in [6.45, 7) is 0. The molecule has 2 aromatic rings. The van der Waals surface area contributed by atoms with Gasteiger partial charge in [0.25, 0.3) is 0 Å². The molecule has 0 amide bonds. The molecule has 2 rings (SSSR count). The SMILES string of the molecule is N[C@@H](c1cccc(Cl)c1)c1ncccc1C(F)(F)F. The lowest BCUT2D eigenvalue weighted by atomic mass is 10.00. The molecule has 0 radical (unpaired) electrons. The van der Waals surface area contributed by atoms with Gasteiger partial charge in [0.15, 0.2) is 0 Å². The van der Waals surface area contributed by atoms with Gasteiger partial charge >= 0.3 is 6.18 Å². The highest BCUT2D eigenvalue weighted by molar-refractivity contribution is 6.30. The van der Waals surface area contributed by atoms with E-state index in [4.69, 9.17) is 17.3 Å². The maximum Gasteiger partial charge on any atom is 0.418 e. The van der Waals surface area contributed by atoms with E-state index in [2.05, 4.69) is 4.98 Å². The summed E-state index contributed by atoms with van der Waals surface area (Å²) in [6.07, 6.45) is -3.20. The fraction of sp³-hybridized carbons (Fsp3) is 0.154. The van der Waals surface area contributed by atoms with Crippen molar-refractivity contribution in [3.8, 4) is 0 Å². The van der Waals surface area contributed by atoms with Crippen LogP contribution in [0.2, 0.25) is 5.02 Å². The molecule has 0 saturated heterocycles. The predicted octanol–water partition coefficient (Wildman–Crippen LogP) is 3.80. The van der Waals surface area contributed by atoms with E-state index in [1.165, 1.54) is 18.3 Å². The second-order valence-corrected chi connectivity index (χ2v) is 4.40. The van der Waals surface area contributed by atoms with Crippen LogP contribution in [-0.4, -0.2) is 4.98 Å². The third-order valence-electron chi connectivity index (χ3n) is 2.65. The first-order valence-corrected chi connectivity index (χ1v) is 5.80.